The van der Waals surface area contributed by atoms with Crippen molar-refractivity contribution in [3.63, 3.8) is 0 Å². The SMILES string of the molecule is CCn1ncnc1CN1C[C@H](C(=O)O)[C@@H](C2CC2)C1. The second-order valence-electron chi connectivity index (χ2n) is 5.63. The van der Waals surface area contributed by atoms with Crippen LogP contribution in [0.2, 0.25) is 0 Å². The van der Waals surface area contributed by atoms with E-state index in [9.17, 15) is 9.90 Å². The fourth-order valence-corrected chi connectivity index (χ4v) is 3.18. The molecule has 6 nitrogen and oxygen atoms in total. The van der Waals surface area contributed by atoms with E-state index in [0.717, 1.165) is 18.9 Å². The van der Waals surface area contributed by atoms with Gasteiger partial charge in [-0.05, 0) is 31.6 Å². The highest BCUT2D eigenvalue weighted by Crippen LogP contribution is 2.44. The predicted octanol–water partition coefficient (Wildman–Crippen LogP) is 0.841. The number of hydrogen-bond donors (Lipinski definition) is 1. The van der Waals surface area contributed by atoms with E-state index in [1.807, 2.05) is 11.6 Å². The quantitative estimate of drug-likeness (QED) is 0.853. The molecule has 104 valence electrons. The third kappa shape index (κ3) is 2.49. The monoisotopic (exact) mass is 264 g/mol. The van der Waals surface area contributed by atoms with Gasteiger partial charge in [-0.1, -0.05) is 0 Å². The topological polar surface area (TPSA) is 71.2 Å². The second-order valence-corrected chi connectivity index (χ2v) is 5.63. The summed E-state index contributed by atoms with van der Waals surface area (Å²) in [4.78, 5) is 17.8. The zero-order valence-corrected chi connectivity index (χ0v) is 11.2. The Hall–Kier alpha value is -1.43. The van der Waals surface area contributed by atoms with Crippen molar-refractivity contribution in [2.24, 2.45) is 17.8 Å². The third-order valence-electron chi connectivity index (χ3n) is 4.35. The summed E-state index contributed by atoms with van der Waals surface area (Å²) >= 11 is 0. The summed E-state index contributed by atoms with van der Waals surface area (Å²) in [6, 6.07) is 0. The predicted molar refractivity (Wildman–Crippen MR) is 68.3 cm³/mol. The van der Waals surface area contributed by atoms with Crippen LogP contribution in [0.4, 0.5) is 0 Å². The van der Waals surface area contributed by atoms with E-state index >= 15 is 0 Å². The van der Waals surface area contributed by atoms with Crippen molar-refractivity contribution in [3.05, 3.63) is 12.2 Å². The first-order chi connectivity index (χ1) is 9.19. The van der Waals surface area contributed by atoms with E-state index in [-0.39, 0.29) is 5.92 Å². The Morgan fingerprint density at radius 1 is 1.47 bits per heavy atom. The van der Waals surface area contributed by atoms with Crippen molar-refractivity contribution in [2.75, 3.05) is 13.1 Å². The van der Waals surface area contributed by atoms with Crippen LogP contribution in [-0.2, 0) is 17.9 Å². The van der Waals surface area contributed by atoms with Crippen molar-refractivity contribution in [2.45, 2.75) is 32.9 Å². The summed E-state index contributed by atoms with van der Waals surface area (Å²) in [6.07, 6.45) is 3.98. The smallest absolute Gasteiger partial charge is 0.308 e. The highest BCUT2D eigenvalue weighted by molar-refractivity contribution is 5.71. The molecular weight excluding hydrogens is 244 g/mol. The van der Waals surface area contributed by atoms with Gasteiger partial charge < -0.3 is 5.11 Å². The molecular formula is C13H20N4O2. The van der Waals surface area contributed by atoms with E-state index in [1.54, 1.807) is 6.33 Å². The highest BCUT2D eigenvalue weighted by Gasteiger charge is 2.45. The van der Waals surface area contributed by atoms with Gasteiger partial charge in [-0.15, -0.1) is 0 Å². The van der Waals surface area contributed by atoms with E-state index < -0.39 is 5.97 Å². The molecule has 1 saturated carbocycles. The lowest BCUT2D eigenvalue weighted by Crippen LogP contribution is -2.25. The van der Waals surface area contributed by atoms with E-state index in [1.165, 1.54) is 12.8 Å². The zero-order valence-electron chi connectivity index (χ0n) is 11.2. The fraction of sp³-hybridized carbons (Fsp3) is 0.769. The van der Waals surface area contributed by atoms with Crippen LogP contribution in [0.3, 0.4) is 0 Å². The summed E-state index contributed by atoms with van der Waals surface area (Å²) in [5.74, 6) is 1.05. The molecule has 2 fully saturated rings. The second kappa shape index (κ2) is 4.92. The minimum atomic E-state index is -0.642. The normalized spacial score (nSPS) is 27.8. The Morgan fingerprint density at radius 2 is 2.26 bits per heavy atom. The molecule has 19 heavy (non-hydrogen) atoms. The van der Waals surface area contributed by atoms with Crippen LogP contribution in [0.5, 0.6) is 0 Å². The molecule has 2 atom stereocenters. The Bertz CT molecular complexity index is 469. The fourth-order valence-electron chi connectivity index (χ4n) is 3.18. The number of aliphatic carboxylic acids is 1. The van der Waals surface area contributed by atoms with E-state index in [4.69, 9.17) is 0 Å². The number of aromatic nitrogens is 3. The molecule has 1 aliphatic heterocycles. The van der Waals surface area contributed by atoms with Gasteiger partial charge in [-0.25, -0.2) is 9.67 Å². The Morgan fingerprint density at radius 3 is 2.89 bits per heavy atom. The number of hydrogen-bond acceptors (Lipinski definition) is 4. The summed E-state index contributed by atoms with van der Waals surface area (Å²) in [6.45, 7) is 5.08. The first-order valence-electron chi connectivity index (χ1n) is 7.01. The minimum absolute atomic E-state index is 0.203. The van der Waals surface area contributed by atoms with E-state index in [2.05, 4.69) is 15.0 Å². The van der Waals surface area contributed by atoms with Gasteiger partial charge >= 0.3 is 5.97 Å². The van der Waals surface area contributed by atoms with Crippen molar-refractivity contribution >= 4 is 5.97 Å². The molecule has 0 unspecified atom stereocenters. The maximum atomic E-state index is 11.4. The lowest BCUT2D eigenvalue weighted by Gasteiger charge is -2.15. The number of rotatable bonds is 5. The average Bonchev–Trinajstić information content (AvgIpc) is 2.99. The Labute approximate surface area is 112 Å². The molecule has 1 aliphatic carbocycles. The number of aryl methyl sites for hydroxylation is 1. The Balaban J connectivity index is 1.68. The lowest BCUT2D eigenvalue weighted by atomic mass is 9.92. The lowest BCUT2D eigenvalue weighted by molar-refractivity contribution is -0.142. The van der Waals surface area contributed by atoms with Crippen LogP contribution in [0.15, 0.2) is 6.33 Å². The molecule has 0 radical (unpaired) electrons. The van der Waals surface area contributed by atoms with Crippen molar-refractivity contribution in [1.29, 1.82) is 0 Å². The number of likely N-dealkylation sites (tertiary alicyclic amines) is 1. The average molecular weight is 264 g/mol. The van der Waals surface area contributed by atoms with Crippen molar-refractivity contribution in [3.8, 4) is 0 Å². The maximum Gasteiger partial charge on any atom is 0.308 e. The van der Waals surface area contributed by atoms with Crippen LogP contribution in [0.25, 0.3) is 0 Å². The molecule has 0 aromatic carbocycles. The molecule has 2 aliphatic rings. The van der Waals surface area contributed by atoms with Gasteiger partial charge in [0.2, 0.25) is 0 Å². The Kier molecular flexibility index (Phi) is 3.26. The molecule has 1 saturated heterocycles. The van der Waals surface area contributed by atoms with Gasteiger partial charge in [0.25, 0.3) is 0 Å². The number of carboxylic acid groups (broad SMARTS) is 1. The molecule has 1 aromatic heterocycles. The summed E-state index contributed by atoms with van der Waals surface area (Å²) in [5.41, 5.74) is 0. The first-order valence-corrected chi connectivity index (χ1v) is 7.01. The standard InChI is InChI=1S/C13H20N4O2/c1-2-17-12(14-8-15-17)7-16-5-10(9-3-4-9)11(6-16)13(18)19/h8-11H,2-7H2,1H3,(H,18,19)/t10-,11+/m1/s1. The molecule has 3 rings (SSSR count). The maximum absolute atomic E-state index is 11.4. The first kappa shape index (κ1) is 12.6. The number of carboxylic acids is 1. The van der Waals surface area contributed by atoms with Gasteiger partial charge in [0.15, 0.2) is 0 Å². The van der Waals surface area contributed by atoms with Crippen LogP contribution >= 0.6 is 0 Å². The van der Waals surface area contributed by atoms with Gasteiger partial charge in [0, 0.05) is 19.6 Å². The van der Waals surface area contributed by atoms with Crippen LogP contribution in [0, 0.1) is 17.8 Å². The van der Waals surface area contributed by atoms with Gasteiger partial charge in [0.05, 0.1) is 12.5 Å². The molecule has 0 spiro atoms. The molecule has 0 amide bonds. The third-order valence-corrected chi connectivity index (χ3v) is 4.35. The van der Waals surface area contributed by atoms with Crippen LogP contribution in [0.1, 0.15) is 25.6 Å². The molecule has 0 bridgehead atoms. The van der Waals surface area contributed by atoms with Crippen molar-refractivity contribution in [1.82, 2.24) is 19.7 Å². The summed E-state index contributed by atoms with van der Waals surface area (Å²) < 4.78 is 1.88. The summed E-state index contributed by atoms with van der Waals surface area (Å²) in [5, 5.41) is 13.5. The molecule has 2 heterocycles. The summed E-state index contributed by atoms with van der Waals surface area (Å²) in [7, 11) is 0. The van der Waals surface area contributed by atoms with Gasteiger partial charge in [-0.2, -0.15) is 5.10 Å². The number of nitrogens with zero attached hydrogens (tertiary/aromatic N) is 4. The van der Waals surface area contributed by atoms with E-state index in [0.29, 0.717) is 24.9 Å². The molecule has 6 heteroatoms. The molecule has 1 aromatic rings. The minimum Gasteiger partial charge on any atom is -0.481 e. The van der Waals surface area contributed by atoms with Gasteiger partial charge in [-0.3, -0.25) is 9.69 Å². The van der Waals surface area contributed by atoms with Gasteiger partial charge in [0.1, 0.15) is 12.2 Å². The van der Waals surface area contributed by atoms with Crippen LogP contribution < -0.4 is 0 Å². The highest BCUT2D eigenvalue weighted by atomic mass is 16.4. The zero-order chi connectivity index (χ0) is 13.4. The largest absolute Gasteiger partial charge is 0.481 e. The number of carbonyl (C=O) groups is 1. The molecule has 1 N–H and O–H groups in total. The van der Waals surface area contributed by atoms with Crippen LogP contribution in [-0.4, -0.2) is 43.8 Å². The van der Waals surface area contributed by atoms with Crippen molar-refractivity contribution < 1.29 is 9.90 Å².